The Labute approximate surface area is 274 Å². The maximum absolute atomic E-state index is 14.3. The number of nitrogens with two attached hydrogens (primary N) is 1. The Balaban J connectivity index is 1.55. The van der Waals surface area contributed by atoms with Gasteiger partial charge in [0.15, 0.2) is 0 Å². The van der Waals surface area contributed by atoms with Crippen molar-refractivity contribution in [3.05, 3.63) is 69.7 Å². The Bertz CT molecular complexity index is 1370. The van der Waals surface area contributed by atoms with Crippen molar-refractivity contribution in [1.82, 2.24) is 20.4 Å². The molecule has 2 aliphatic rings. The molecule has 0 aliphatic carbocycles. The second kappa shape index (κ2) is 15.3. The lowest BCUT2D eigenvalue weighted by Crippen LogP contribution is -2.53. The lowest BCUT2D eigenvalue weighted by molar-refractivity contribution is -0.143. The monoisotopic (exact) mass is 659 g/mol. The van der Waals surface area contributed by atoms with Gasteiger partial charge in [-0.15, -0.1) is 0 Å². The van der Waals surface area contributed by atoms with Crippen molar-refractivity contribution in [3.8, 4) is 0 Å². The molecule has 1 unspecified atom stereocenters. The van der Waals surface area contributed by atoms with Crippen LogP contribution in [0.4, 0.5) is 4.79 Å². The molecule has 0 aromatic heterocycles. The number of ether oxygens (including phenoxy) is 1. The summed E-state index contributed by atoms with van der Waals surface area (Å²) in [4.78, 5) is 56.1. The van der Waals surface area contributed by atoms with Gasteiger partial charge in [0.2, 0.25) is 17.7 Å². The van der Waals surface area contributed by atoms with E-state index >= 15 is 0 Å². The molecule has 0 spiro atoms. The molecule has 10 nitrogen and oxygen atoms in total. The molecule has 45 heavy (non-hydrogen) atoms. The number of aryl methyl sites for hydroxylation is 1. The van der Waals surface area contributed by atoms with Crippen LogP contribution in [0.2, 0.25) is 10.0 Å². The Morgan fingerprint density at radius 3 is 2.47 bits per heavy atom. The quantitative estimate of drug-likeness (QED) is 0.326. The van der Waals surface area contributed by atoms with Crippen LogP contribution >= 0.6 is 23.2 Å². The predicted octanol–water partition coefficient (Wildman–Crippen LogP) is 4.45. The highest BCUT2D eigenvalue weighted by Crippen LogP contribution is 2.31. The summed E-state index contributed by atoms with van der Waals surface area (Å²) < 4.78 is 5.48. The summed E-state index contributed by atoms with van der Waals surface area (Å²) in [7, 11) is 0. The molecule has 0 bridgehead atoms. The van der Waals surface area contributed by atoms with Crippen molar-refractivity contribution < 1.29 is 23.9 Å². The second-order valence-electron chi connectivity index (χ2n) is 12.8. The molecule has 2 heterocycles. The number of carbonyl (C=O) groups excluding carboxylic acids is 4. The third-order valence-electron chi connectivity index (χ3n) is 8.20. The molecule has 2 aromatic rings. The Hall–Kier alpha value is -3.34. The standard InChI is InChI=1S/C33H43Cl2N5O5/c1-33(2,3)45-32(44)38-23-18-28-31(43)39(16-15-24(40(28)20-23)11-9-21-7-5-4-6-8-21)27(13-14-29(36)41)30(42)37-19-22-10-12-25(34)26(35)17-22/h4-8,10,12,17,23-24,27-28H,9,11,13-16,18-20H2,1-3H3,(H2,36,41)(H,37,42)(H,38,44)/t23-,24?,27-,28+/m1/s1. The minimum atomic E-state index is -0.902. The van der Waals surface area contributed by atoms with Gasteiger partial charge >= 0.3 is 6.09 Å². The van der Waals surface area contributed by atoms with Gasteiger partial charge in [0, 0.05) is 38.1 Å². The average Bonchev–Trinajstić information content (AvgIpc) is 3.33. The van der Waals surface area contributed by atoms with E-state index < -0.39 is 29.7 Å². The Morgan fingerprint density at radius 1 is 1.07 bits per heavy atom. The first-order valence-corrected chi connectivity index (χ1v) is 16.2. The number of benzene rings is 2. The van der Waals surface area contributed by atoms with Crippen LogP contribution in [-0.4, -0.2) is 76.5 Å². The third-order valence-corrected chi connectivity index (χ3v) is 8.94. The fourth-order valence-electron chi connectivity index (χ4n) is 6.10. The number of primary amides is 1. The van der Waals surface area contributed by atoms with Crippen LogP contribution in [0.3, 0.4) is 0 Å². The van der Waals surface area contributed by atoms with E-state index in [1.165, 1.54) is 5.56 Å². The van der Waals surface area contributed by atoms with Gasteiger partial charge in [-0.05, 0) is 76.1 Å². The van der Waals surface area contributed by atoms with E-state index in [1.54, 1.807) is 43.9 Å². The fraction of sp³-hybridized carbons (Fsp3) is 0.515. The Morgan fingerprint density at radius 2 is 1.80 bits per heavy atom. The molecule has 0 saturated carbocycles. The van der Waals surface area contributed by atoms with Crippen LogP contribution in [0.5, 0.6) is 0 Å². The number of hydrogen-bond donors (Lipinski definition) is 3. The largest absolute Gasteiger partial charge is 0.444 e. The first-order valence-electron chi connectivity index (χ1n) is 15.4. The molecule has 4 N–H and O–H groups in total. The van der Waals surface area contributed by atoms with E-state index in [2.05, 4.69) is 27.7 Å². The van der Waals surface area contributed by atoms with Crippen molar-refractivity contribution in [2.24, 2.45) is 5.73 Å². The van der Waals surface area contributed by atoms with E-state index in [9.17, 15) is 19.2 Å². The zero-order chi connectivity index (χ0) is 32.7. The minimum absolute atomic E-state index is 0.0330. The van der Waals surface area contributed by atoms with E-state index in [0.717, 1.165) is 18.4 Å². The maximum Gasteiger partial charge on any atom is 0.407 e. The normalized spacial score (nSPS) is 21.0. The molecule has 2 saturated heterocycles. The van der Waals surface area contributed by atoms with E-state index in [4.69, 9.17) is 33.7 Å². The van der Waals surface area contributed by atoms with Gasteiger partial charge in [-0.1, -0.05) is 59.6 Å². The average molecular weight is 661 g/mol. The lowest BCUT2D eigenvalue weighted by Gasteiger charge is -2.32. The zero-order valence-corrected chi connectivity index (χ0v) is 27.6. The van der Waals surface area contributed by atoms with E-state index in [1.807, 2.05) is 18.2 Å². The number of hydrogen-bond acceptors (Lipinski definition) is 6. The summed E-state index contributed by atoms with van der Waals surface area (Å²) in [6.45, 7) is 6.40. The van der Waals surface area contributed by atoms with Crippen LogP contribution in [0, 0.1) is 0 Å². The first-order chi connectivity index (χ1) is 21.3. The summed E-state index contributed by atoms with van der Waals surface area (Å²) in [5, 5.41) is 6.63. The van der Waals surface area contributed by atoms with E-state index in [-0.39, 0.29) is 43.3 Å². The third kappa shape index (κ3) is 9.82. The molecule has 0 radical (unpaired) electrons. The van der Waals surface area contributed by atoms with Crippen LogP contribution in [0.25, 0.3) is 0 Å². The van der Waals surface area contributed by atoms with Gasteiger partial charge in [0.25, 0.3) is 0 Å². The zero-order valence-electron chi connectivity index (χ0n) is 26.1. The van der Waals surface area contributed by atoms with Crippen LogP contribution in [0.15, 0.2) is 48.5 Å². The molecule has 4 atom stereocenters. The smallest absolute Gasteiger partial charge is 0.407 e. The van der Waals surface area contributed by atoms with Crippen molar-refractivity contribution >= 4 is 47.0 Å². The number of rotatable bonds is 11. The van der Waals surface area contributed by atoms with Crippen molar-refractivity contribution in [2.75, 3.05) is 13.1 Å². The number of nitrogens with zero attached hydrogens (tertiary/aromatic N) is 2. The fourth-order valence-corrected chi connectivity index (χ4v) is 6.42. The number of fused-ring (bicyclic) bond motifs is 1. The Kier molecular flexibility index (Phi) is 11.7. The second-order valence-corrected chi connectivity index (χ2v) is 13.6. The minimum Gasteiger partial charge on any atom is -0.444 e. The van der Waals surface area contributed by atoms with Crippen LogP contribution in [0.1, 0.15) is 64.0 Å². The molecule has 4 rings (SSSR count). The van der Waals surface area contributed by atoms with Gasteiger partial charge in [-0.25, -0.2) is 4.79 Å². The molecule has 4 amide bonds. The summed E-state index contributed by atoms with van der Waals surface area (Å²) in [5.41, 5.74) is 6.77. The number of amides is 4. The summed E-state index contributed by atoms with van der Waals surface area (Å²) in [5.74, 6) is -1.14. The van der Waals surface area contributed by atoms with Gasteiger partial charge in [0.1, 0.15) is 11.6 Å². The van der Waals surface area contributed by atoms with E-state index in [0.29, 0.717) is 36.0 Å². The predicted molar refractivity (Wildman–Crippen MR) is 174 cm³/mol. The highest BCUT2D eigenvalue weighted by atomic mass is 35.5. The summed E-state index contributed by atoms with van der Waals surface area (Å²) >= 11 is 12.2. The van der Waals surface area contributed by atoms with Crippen molar-refractivity contribution in [3.63, 3.8) is 0 Å². The number of carbonyl (C=O) groups is 4. The van der Waals surface area contributed by atoms with Gasteiger partial charge in [0.05, 0.1) is 16.1 Å². The number of alkyl carbamates (subject to hydrolysis) is 1. The molecule has 244 valence electrons. The maximum atomic E-state index is 14.3. The molecule has 2 aliphatic heterocycles. The lowest BCUT2D eigenvalue weighted by atomic mass is 10.0. The number of nitrogens with one attached hydrogen (secondary N) is 2. The van der Waals surface area contributed by atoms with Gasteiger partial charge < -0.3 is 26.0 Å². The molecular weight excluding hydrogens is 617 g/mol. The highest BCUT2D eigenvalue weighted by Gasteiger charge is 2.47. The van der Waals surface area contributed by atoms with Crippen molar-refractivity contribution in [2.45, 2.75) is 95.6 Å². The van der Waals surface area contributed by atoms with Crippen LogP contribution < -0.4 is 16.4 Å². The van der Waals surface area contributed by atoms with Crippen LogP contribution in [-0.2, 0) is 32.1 Å². The highest BCUT2D eigenvalue weighted by molar-refractivity contribution is 6.42. The van der Waals surface area contributed by atoms with Gasteiger partial charge in [-0.3, -0.25) is 19.3 Å². The molecule has 2 fully saturated rings. The summed E-state index contributed by atoms with van der Waals surface area (Å²) in [6.07, 6.45) is 2.14. The topological polar surface area (TPSA) is 134 Å². The SMILES string of the molecule is CC(C)(C)OC(=O)N[C@@H]1C[C@H]2C(=O)N([C@H](CCC(N)=O)C(=O)NCc3ccc(Cl)c(Cl)c3)CCC(CCc3ccccc3)N2C1. The molecular formula is C33H43Cl2N5O5. The summed E-state index contributed by atoms with van der Waals surface area (Å²) in [6, 6.07) is 13.5. The molecule has 2 aromatic carbocycles. The first kappa shape index (κ1) is 34.5. The number of halogens is 2. The molecule has 12 heteroatoms. The van der Waals surface area contributed by atoms with Crippen molar-refractivity contribution in [1.29, 1.82) is 0 Å². The van der Waals surface area contributed by atoms with Gasteiger partial charge in [-0.2, -0.15) is 0 Å².